The van der Waals surface area contributed by atoms with Gasteiger partial charge in [0.05, 0.1) is 11.3 Å². The van der Waals surface area contributed by atoms with Crippen LogP contribution in [0, 0.1) is 0 Å². The number of aliphatic hydroxyl groups is 1. The first-order valence-electron chi connectivity index (χ1n) is 9.85. The molecule has 0 radical (unpaired) electrons. The van der Waals surface area contributed by atoms with E-state index in [-0.39, 0.29) is 11.0 Å². The molecule has 1 aliphatic rings. The molecule has 0 spiro atoms. The van der Waals surface area contributed by atoms with Crippen LogP contribution in [0.2, 0.25) is 0 Å². The Bertz CT molecular complexity index is 1040. The van der Waals surface area contributed by atoms with Gasteiger partial charge in [0.15, 0.2) is 10.9 Å². The highest BCUT2D eigenvalue weighted by atomic mass is 32.2. The highest BCUT2D eigenvalue weighted by Gasteiger charge is 2.21. The van der Waals surface area contributed by atoms with Gasteiger partial charge < -0.3 is 5.11 Å². The first-order valence-corrected chi connectivity index (χ1v) is 10.7. The number of aryl methyl sites for hydroxylation is 1. The van der Waals surface area contributed by atoms with E-state index in [1.54, 1.807) is 4.68 Å². The fraction of sp³-hybridized carbons (Fsp3) is 0.348. The molecular weight excluding hydrogens is 382 g/mol. The lowest BCUT2D eigenvalue weighted by Crippen LogP contribution is -2.19. The Labute approximate surface area is 175 Å². The number of nitrogens with zero attached hydrogens (tertiary/aromatic N) is 3. The lowest BCUT2D eigenvalue weighted by atomic mass is 9.96. The van der Waals surface area contributed by atoms with Gasteiger partial charge in [0.1, 0.15) is 0 Å². The molecule has 4 rings (SSSR count). The summed E-state index contributed by atoms with van der Waals surface area (Å²) in [6.45, 7) is 5.76. The van der Waals surface area contributed by atoms with Gasteiger partial charge in [-0.2, -0.15) is 5.10 Å². The predicted molar refractivity (Wildman–Crippen MR) is 115 cm³/mol. The van der Waals surface area contributed by atoms with E-state index in [0.717, 1.165) is 39.5 Å². The van der Waals surface area contributed by atoms with E-state index in [9.17, 15) is 9.90 Å². The van der Waals surface area contributed by atoms with Crippen LogP contribution in [0.1, 0.15) is 55.5 Å². The molecule has 5 nitrogen and oxygen atoms in total. The van der Waals surface area contributed by atoms with Crippen molar-refractivity contribution in [1.29, 1.82) is 0 Å². The van der Waals surface area contributed by atoms with Crippen LogP contribution in [0.5, 0.6) is 0 Å². The first-order chi connectivity index (χ1) is 13.8. The normalized spacial score (nSPS) is 14.8. The van der Waals surface area contributed by atoms with Crippen LogP contribution in [-0.2, 0) is 17.6 Å². The van der Waals surface area contributed by atoms with E-state index in [0.29, 0.717) is 12.8 Å². The molecule has 150 valence electrons. The fourth-order valence-corrected chi connectivity index (χ4v) is 4.35. The summed E-state index contributed by atoms with van der Waals surface area (Å²) in [4.78, 5) is 17.3. The Hall–Kier alpha value is -2.44. The Balaban J connectivity index is 1.48. The highest BCUT2D eigenvalue weighted by molar-refractivity contribution is 8.14. The van der Waals surface area contributed by atoms with E-state index in [1.807, 2.05) is 44.4 Å². The second-order valence-corrected chi connectivity index (χ2v) is 9.36. The zero-order chi connectivity index (χ0) is 20.6. The Kier molecular flexibility index (Phi) is 5.32. The molecular formula is C23H25N3O2S. The maximum Gasteiger partial charge on any atom is 0.198 e. The summed E-state index contributed by atoms with van der Waals surface area (Å²) in [7, 11) is 0. The molecule has 1 aliphatic heterocycles. The molecule has 0 bridgehead atoms. The third kappa shape index (κ3) is 4.60. The second-order valence-electron chi connectivity index (χ2n) is 8.26. The monoisotopic (exact) mass is 407 g/mol. The van der Waals surface area contributed by atoms with Gasteiger partial charge in [-0.3, -0.25) is 4.79 Å². The maximum absolute atomic E-state index is 11.7. The summed E-state index contributed by atoms with van der Waals surface area (Å²) < 4.78 is 1.79. The number of thioether (sulfide) groups is 1. The lowest BCUT2D eigenvalue weighted by Gasteiger charge is -2.16. The van der Waals surface area contributed by atoms with Gasteiger partial charge in [-0.15, -0.1) is 0 Å². The van der Waals surface area contributed by atoms with Crippen molar-refractivity contribution in [2.24, 2.45) is 0 Å². The van der Waals surface area contributed by atoms with Crippen LogP contribution in [0.3, 0.4) is 0 Å². The largest absolute Gasteiger partial charge is 0.390 e. The first kappa shape index (κ1) is 19.9. The third-order valence-corrected chi connectivity index (χ3v) is 6.24. The zero-order valence-corrected chi connectivity index (χ0v) is 17.7. The van der Waals surface area contributed by atoms with Crippen molar-refractivity contribution >= 4 is 16.9 Å². The minimum atomic E-state index is -0.672. The van der Waals surface area contributed by atoms with E-state index in [4.69, 9.17) is 5.10 Å². The van der Waals surface area contributed by atoms with E-state index >= 15 is 0 Å². The second kappa shape index (κ2) is 7.76. The molecule has 2 aromatic heterocycles. The molecule has 0 aliphatic carbocycles. The molecule has 1 atom stereocenters. The molecule has 0 saturated heterocycles. The van der Waals surface area contributed by atoms with Crippen molar-refractivity contribution in [1.82, 2.24) is 14.8 Å². The van der Waals surface area contributed by atoms with Crippen molar-refractivity contribution in [3.05, 3.63) is 71.2 Å². The van der Waals surface area contributed by atoms with Gasteiger partial charge in [-0.05, 0) is 61.6 Å². The molecule has 1 aromatic carbocycles. The van der Waals surface area contributed by atoms with E-state index in [2.05, 4.69) is 30.1 Å². The Morgan fingerprint density at radius 2 is 2.07 bits per heavy atom. The number of rotatable bonds is 6. The summed E-state index contributed by atoms with van der Waals surface area (Å²) in [5.41, 5.74) is 3.67. The smallest absolute Gasteiger partial charge is 0.198 e. The summed E-state index contributed by atoms with van der Waals surface area (Å²) >= 11 is 1.34. The summed E-state index contributed by atoms with van der Waals surface area (Å²) in [5.74, 6) is 0.898. The van der Waals surface area contributed by atoms with Gasteiger partial charge >= 0.3 is 0 Å². The summed E-state index contributed by atoms with van der Waals surface area (Å²) in [6.07, 6.45) is 5.79. The average molecular weight is 408 g/mol. The quantitative estimate of drug-likeness (QED) is 0.660. The lowest BCUT2D eigenvalue weighted by molar-refractivity contribution is -0.110. The minimum Gasteiger partial charge on any atom is -0.390 e. The van der Waals surface area contributed by atoms with Crippen LogP contribution in [-0.4, -0.2) is 30.6 Å². The zero-order valence-electron chi connectivity index (χ0n) is 16.9. The van der Waals surface area contributed by atoms with Gasteiger partial charge in [0.25, 0.3) is 0 Å². The van der Waals surface area contributed by atoms with Crippen molar-refractivity contribution in [2.75, 3.05) is 0 Å². The maximum atomic E-state index is 11.7. The van der Waals surface area contributed by atoms with Crippen molar-refractivity contribution < 1.29 is 9.90 Å². The number of aromatic nitrogens is 3. The molecule has 3 heterocycles. The number of carbonyl (C=O) groups excluding carboxylic acids is 1. The number of carbonyl (C=O) groups is 1. The standard InChI is InChI=1S/C23H25N3O2S/c1-15(17-5-6-18-13-22(27)29-20(18)12-17)19-9-11-26(25-19)21-7-4-16(14-24-21)8-10-23(2,3)28/h4-7,9,11-12,14-15,28H,8,10,13H2,1-3H3. The Morgan fingerprint density at radius 3 is 2.79 bits per heavy atom. The van der Waals surface area contributed by atoms with Crippen molar-refractivity contribution in [3.63, 3.8) is 0 Å². The van der Waals surface area contributed by atoms with Gasteiger partial charge in [0, 0.05) is 29.6 Å². The SMILES string of the molecule is CC(c1ccc2c(c1)SC(=O)C2)c1ccn(-c2ccc(CCC(C)(C)O)cn2)n1. The molecule has 0 saturated carbocycles. The number of fused-ring (bicyclic) bond motifs is 1. The van der Waals surface area contributed by atoms with Crippen LogP contribution < -0.4 is 0 Å². The van der Waals surface area contributed by atoms with Crippen LogP contribution in [0.15, 0.2) is 53.7 Å². The molecule has 0 fully saturated rings. The van der Waals surface area contributed by atoms with E-state index in [1.165, 1.54) is 11.8 Å². The fourth-order valence-electron chi connectivity index (χ4n) is 3.41. The van der Waals surface area contributed by atoms with Gasteiger partial charge in [-0.25, -0.2) is 9.67 Å². The number of pyridine rings is 1. The molecule has 0 amide bonds. The minimum absolute atomic E-state index is 0.129. The van der Waals surface area contributed by atoms with Crippen LogP contribution in [0.25, 0.3) is 5.82 Å². The highest BCUT2D eigenvalue weighted by Crippen LogP contribution is 2.35. The van der Waals surface area contributed by atoms with Crippen molar-refractivity contribution in [2.45, 2.75) is 56.4 Å². The van der Waals surface area contributed by atoms with Gasteiger partial charge in [0.2, 0.25) is 0 Å². The third-order valence-electron chi connectivity index (χ3n) is 5.27. The molecule has 29 heavy (non-hydrogen) atoms. The number of hydrogen-bond donors (Lipinski definition) is 1. The topological polar surface area (TPSA) is 68.0 Å². The molecule has 1 unspecified atom stereocenters. The molecule has 6 heteroatoms. The Morgan fingerprint density at radius 1 is 1.24 bits per heavy atom. The summed E-state index contributed by atoms with van der Waals surface area (Å²) in [5, 5.41) is 14.8. The van der Waals surface area contributed by atoms with Gasteiger partial charge in [-0.1, -0.05) is 36.9 Å². The molecule has 3 aromatic rings. The predicted octanol–water partition coefficient (Wildman–Crippen LogP) is 4.30. The van der Waals surface area contributed by atoms with E-state index < -0.39 is 5.60 Å². The number of hydrogen-bond acceptors (Lipinski definition) is 5. The van der Waals surface area contributed by atoms with Crippen LogP contribution in [0.4, 0.5) is 0 Å². The summed E-state index contributed by atoms with van der Waals surface area (Å²) in [6, 6.07) is 12.3. The molecule has 1 N–H and O–H groups in total. The average Bonchev–Trinajstić information content (AvgIpc) is 3.31. The van der Waals surface area contributed by atoms with Crippen LogP contribution >= 0.6 is 11.8 Å². The van der Waals surface area contributed by atoms with Crippen molar-refractivity contribution in [3.8, 4) is 5.82 Å². The number of benzene rings is 1.